The Morgan fingerprint density at radius 1 is 1.19 bits per heavy atom. The van der Waals surface area contributed by atoms with Crippen molar-refractivity contribution in [3.05, 3.63) is 41.3 Å². The number of carbonyl (C=O) groups is 1. The Morgan fingerprint density at radius 2 is 2.00 bits per heavy atom. The van der Waals surface area contributed by atoms with Crippen molar-refractivity contribution < 1.29 is 13.2 Å². The highest BCUT2D eigenvalue weighted by Gasteiger charge is 2.39. The largest absolute Gasteiger partial charge is 0.347 e. The molecule has 0 saturated carbocycles. The van der Waals surface area contributed by atoms with E-state index in [1.165, 1.54) is 17.8 Å². The molecule has 3 atom stereocenters. The van der Waals surface area contributed by atoms with Crippen LogP contribution < -0.4 is 15.4 Å². The maximum Gasteiger partial charge on any atom is 0.261 e. The summed E-state index contributed by atoms with van der Waals surface area (Å²) < 4.78 is 25.7. The number of fused-ring (bicyclic) bond motifs is 2. The van der Waals surface area contributed by atoms with Crippen molar-refractivity contribution in [2.45, 2.75) is 37.4 Å². The van der Waals surface area contributed by atoms with Crippen LogP contribution in [0.5, 0.6) is 0 Å². The lowest BCUT2D eigenvalue weighted by atomic mass is 9.95. The lowest BCUT2D eigenvalue weighted by Gasteiger charge is -2.21. The van der Waals surface area contributed by atoms with E-state index in [-0.39, 0.29) is 11.9 Å². The predicted molar refractivity (Wildman–Crippen MR) is 104 cm³/mol. The van der Waals surface area contributed by atoms with Gasteiger partial charge >= 0.3 is 0 Å². The molecule has 2 bridgehead atoms. The summed E-state index contributed by atoms with van der Waals surface area (Å²) in [5.74, 6) is -0.0610. The number of amides is 1. The second kappa shape index (κ2) is 6.68. The van der Waals surface area contributed by atoms with E-state index < -0.39 is 10.0 Å². The lowest BCUT2D eigenvalue weighted by molar-refractivity contribution is 0.0935. The molecule has 2 aliphatic heterocycles. The topological polar surface area (TPSA) is 87.3 Å². The van der Waals surface area contributed by atoms with Gasteiger partial charge in [0.2, 0.25) is 10.0 Å². The zero-order chi connectivity index (χ0) is 18.3. The monoisotopic (exact) mass is 391 g/mol. The highest BCUT2D eigenvalue weighted by atomic mass is 32.2. The van der Waals surface area contributed by atoms with Gasteiger partial charge in [-0.15, -0.1) is 11.3 Å². The fourth-order valence-corrected chi connectivity index (χ4v) is 5.34. The van der Waals surface area contributed by atoms with E-state index in [1.54, 1.807) is 18.2 Å². The molecule has 0 spiro atoms. The molecule has 1 aromatic carbocycles. The number of sulfonamides is 1. The van der Waals surface area contributed by atoms with E-state index in [4.69, 9.17) is 0 Å². The molecular weight excluding hydrogens is 370 g/mol. The van der Waals surface area contributed by atoms with Crippen LogP contribution in [-0.2, 0) is 10.0 Å². The Morgan fingerprint density at radius 3 is 2.69 bits per heavy atom. The Balaban J connectivity index is 1.52. The van der Waals surface area contributed by atoms with Crippen LogP contribution in [0.25, 0.3) is 10.4 Å². The molecule has 2 fully saturated rings. The Bertz CT molecular complexity index is 939. The molecule has 0 radical (unpaired) electrons. The van der Waals surface area contributed by atoms with Gasteiger partial charge in [-0.3, -0.25) is 9.52 Å². The molecule has 1 aromatic heterocycles. The molecule has 6 nitrogen and oxygen atoms in total. The number of benzene rings is 1. The third kappa shape index (κ3) is 3.62. The van der Waals surface area contributed by atoms with Gasteiger partial charge in [-0.05, 0) is 37.5 Å². The van der Waals surface area contributed by atoms with Crippen LogP contribution >= 0.6 is 11.3 Å². The lowest BCUT2D eigenvalue weighted by Crippen LogP contribution is -2.42. The van der Waals surface area contributed by atoms with E-state index >= 15 is 0 Å². The Labute approximate surface area is 157 Å². The van der Waals surface area contributed by atoms with Gasteiger partial charge in [0.1, 0.15) is 0 Å². The fraction of sp³-hybridized carbons (Fsp3) is 0.389. The third-order valence-electron chi connectivity index (χ3n) is 4.93. The van der Waals surface area contributed by atoms with Crippen molar-refractivity contribution in [3.63, 3.8) is 0 Å². The second-order valence-corrected chi connectivity index (χ2v) is 9.78. The van der Waals surface area contributed by atoms with Gasteiger partial charge in [0, 0.05) is 28.6 Å². The van der Waals surface area contributed by atoms with Crippen LogP contribution in [0.4, 0.5) is 5.69 Å². The molecule has 3 heterocycles. The summed E-state index contributed by atoms with van der Waals surface area (Å²) >= 11 is 1.37. The summed E-state index contributed by atoms with van der Waals surface area (Å²) in [6, 6.07) is 12.0. The molecule has 0 unspecified atom stereocenters. The van der Waals surface area contributed by atoms with Crippen molar-refractivity contribution in [2.75, 3.05) is 11.0 Å². The van der Waals surface area contributed by atoms with Crippen LogP contribution in [0.3, 0.4) is 0 Å². The molecule has 4 rings (SSSR count). The molecule has 8 heteroatoms. The van der Waals surface area contributed by atoms with Crippen LogP contribution in [-0.4, -0.2) is 38.7 Å². The van der Waals surface area contributed by atoms with Gasteiger partial charge in [-0.1, -0.05) is 18.2 Å². The number of hydrogen-bond acceptors (Lipinski definition) is 5. The van der Waals surface area contributed by atoms with Gasteiger partial charge in [0.15, 0.2) is 0 Å². The van der Waals surface area contributed by atoms with Gasteiger partial charge < -0.3 is 10.6 Å². The molecular formula is C18H21N3O3S2. The summed E-state index contributed by atoms with van der Waals surface area (Å²) in [4.78, 5) is 14.1. The number of rotatable bonds is 5. The molecule has 1 amide bonds. The van der Waals surface area contributed by atoms with Crippen LogP contribution in [0.2, 0.25) is 0 Å². The van der Waals surface area contributed by atoms with Crippen molar-refractivity contribution in [3.8, 4) is 10.4 Å². The van der Waals surface area contributed by atoms with Crippen LogP contribution in [0, 0.1) is 0 Å². The smallest absolute Gasteiger partial charge is 0.261 e. The van der Waals surface area contributed by atoms with Gasteiger partial charge in [-0.2, -0.15) is 0 Å². The summed E-state index contributed by atoms with van der Waals surface area (Å²) in [6.45, 7) is 0. The van der Waals surface area contributed by atoms with Crippen molar-refractivity contribution in [1.29, 1.82) is 0 Å². The number of hydrogen-bond donors (Lipinski definition) is 3. The van der Waals surface area contributed by atoms with Crippen molar-refractivity contribution >= 4 is 33.0 Å². The molecule has 2 aromatic rings. The van der Waals surface area contributed by atoms with Crippen molar-refractivity contribution in [1.82, 2.24) is 10.6 Å². The molecule has 0 aliphatic carbocycles. The van der Waals surface area contributed by atoms with E-state index in [1.807, 2.05) is 18.2 Å². The fourth-order valence-electron chi connectivity index (χ4n) is 3.81. The quantitative estimate of drug-likeness (QED) is 0.730. The standard InChI is InChI=1S/C18H21N3O3S2/c1-26(23,24)21-13-5-3-2-4-12(13)16-8-9-17(25-16)18(22)20-15-10-11-6-7-14(15)19-11/h2-5,8-9,11,14-15,19,21H,6-7,10H2,1H3,(H,20,22)/t11-,14+,15-/m1/s1. The summed E-state index contributed by atoms with van der Waals surface area (Å²) in [5, 5.41) is 6.66. The zero-order valence-electron chi connectivity index (χ0n) is 14.4. The first-order valence-corrected chi connectivity index (χ1v) is 11.3. The summed E-state index contributed by atoms with van der Waals surface area (Å²) in [7, 11) is -3.37. The number of para-hydroxylation sites is 1. The molecule has 26 heavy (non-hydrogen) atoms. The Hall–Kier alpha value is -1.90. The maximum atomic E-state index is 12.6. The second-order valence-electron chi connectivity index (χ2n) is 6.95. The first kappa shape index (κ1) is 17.5. The normalized spacial score (nSPS) is 24.6. The van der Waals surface area contributed by atoms with Crippen molar-refractivity contribution in [2.24, 2.45) is 0 Å². The van der Waals surface area contributed by atoms with E-state index in [0.717, 1.165) is 29.5 Å². The molecule has 3 N–H and O–H groups in total. The number of anilines is 1. The van der Waals surface area contributed by atoms with Gasteiger partial charge in [0.25, 0.3) is 5.91 Å². The Kier molecular flexibility index (Phi) is 4.50. The molecule has 2 aliphatic rings. The summed E-state index contributed by atoms with van der Waals surface area (Å²) in [6.07, 6.45) is 4.44. The minimum Gasteiger partial charge on any atom is -0.347 e. The maximum absolute atomic E-state index is 12.6. The minimum atomic E-state index is -3.37. The van der Waals surface area contributed by atoms with E-state index in [0.29, 0.717) is 22.6 Å². The van der Waals surface area contributed by atoms with Gasteiger partial charge in [-0.25, -0.2) is 8.42 Å². The zero-order valence-corrected chi connectivity index (χ0v) is 16.0. The number of carbonyl (C=O) groups excluding carboxylic acids is 1. The number of thiophene rings is 1. The molecule has 2 saturated heterocycles. The van der Waals surface area contributed by atoms with E-state index in [9.17, 15) is 13.2 Å². The van der Waals surface area contributed by atoms with E-state index in [2.05, 4.69) is 15.4 Å². The minimum absolute atomic E-state index is 0.0610. The number of nitrogens with one attached hydrogen (secondary N) is 3. The third-order valence-corrected chi connectivity index (χ3v) is 6.64. The highest BCUT2D eigenvalue weighted by molar-refractivity contribution is 7.92. The highest BCUT2D eigenvalue weighted by Crippen LogP contribution is 2.34. The van der Waals surface area contributed by atoms with Gasteiger partial charge in [0.05, 0.1) is 16.8 Å². The van der Waals surface area contributed by atoms with Crippen LogP contribution in [0.1, 0.15) is 28.9 Å². The van der Waals surface area contributed by atoms with Crippen LogP contribution in [0.15, 0.2) is 36.4 Å². The molecule has 138 valence electrons. The summed E-state index contributed by atoms with van der Waals surface area (Å²) in [5.41, 5.74) is 1.28. The predicted octanol–water partition coefficient (Wildman–Crippen LogP) is 2.41. The average molecular weight is 392 g/mol. The first-order valence-electron chi connectivity index (χ1n) is 8.63. The first-order chi connectivity index (χ1) is 12.4. The SMILES string of the molecule is CS(=O)(=O)Nc1ccccc1-c1ccc(C(=O)N[C@@H]2C[C@H]3CC[C@@H]2N3)s1. The average Bonchev–Trinajstić information content (AvgIpc) is 3.30.